The number of aromatic nitrogens is 2. The Morgan fingerprint density at radius 3 is 2.67 bits per heavy atom. The van der Waals surface area contributed by atoms with Crippen molar-refractivity contribution in [3.63, 3.8) is 0 Å². The van der Waals surface area contributed by atoms with Gasteiger partial charge in [0.25, 0.3) is 5.56 Å². The minimum absolute atomic E-state index is 0.00919. The van der Waals surface area contributed by atoms with Crippen molar-refractivity contribution in [1.29, 1.82) is 0 Å². The molecule has 0 radical (unpaired) electrons. The number of aliphatic hydroxyl groups excluding tert-OH is 3. The number of para-hydroxylation sites is 1. The average molecular weight is 380 g/mol. The zero-order chi connectivity index (χ0) is 19.6. The number of aromatic amines is 1. The van der Waals surface area contributed by atoms with Gasteiger partial charge in [-0.05, 0) is 18.6 Å². The number of nitrogens with two attached hydrogens (primary N) is 1. The van der Waals surface area contributed by atoms with E-state index in [1.807, 2.05) is 0 Å². The molecule has 1 aromatic carbocycles. The number of H-pyrrole nitrogens is 1. The fourth-order valence-electron chi connectivity index (χ4n) is 3.03. The number of hydrogen-bond acceptors (Lipinski definition) is 9. The van der Waals surface area contributed by atoms with Crippen LogP contribution < -0.4 is 27.5 Å². The lowest BCUT2D eigenvalue weighted by molar-refractivity contribution is 0.00446. The Morgan fingerprint density at radius 2 is 2.00 bits per heavy atom. The second kappa shape index (κ2) is 7.78. The number of hydrazine groups is 1. The van der Waals surface area contributed by atoms with Crippen molar-refractivity contribution >= 4 is 23.1 Å². The Bertz CT molecular complexity index is 863. The molecule has 11 heteroatoms. The zero-order valence-corrected chi connectivity index (χ0v) is 14.2. The molecule has 0 saturated heterocycles. The maximum atomic E-state index is 13.7. The fourth-order valence-corrected chi connectivity index (χ4v) is 3.03. The van der Waals surface area contributed by atoms with Crippen LogP contribution in [0.15, 0.2) is 29.1 Å². The first kappa shape index (κ1) is 18.9. The van der Waals surface area contributed by atoms with Crippen molar-refractivity contribution in [2.45, 2.75) is 24.7 Å². The van der Waals surface area contributed by atoms with Crippen molar-refractivity contribution in [2.24, 2.45) is 5.92 Å². The molecule has 1 aliphatic carbocycles. The van der Waals surface area contributed by atoms with Crippen molar-refractivity contribution in [3.8, 4) is 0 Å². The third-order valence-electron chi connectivity index (χ3n) is 4.49. The maximum Gasteiger partial charge on any atom is 0.279 e. The van der Waals surface area contributed by atoms with Crippen LogP contribution in [0.2, 0.25) is 0 Å². The highest BCUT2D eigenvalue weighted by atomic mass is 19.1. The Balaban J connectivity index is 1.83. The topological polar surface area (TPSA) is 169 Å². The molecule has 0 spiro atoms. The molecule has 27 heavy (non-hydrogen) atoms. The number of nitrogens with zero attached hydrogens (tertiary/aromatic N) is 1. The Kier molecular flexibility index (Phi) is 5.44. The maximum absolute atomic E-state index is 13.7. The number of nitrogen functional groups attached to an aromatic ring is 1. The largest absolute Gasteiger partial charge is 0.396 e. The van der Waals surface area contributed by atoms with Gasteiger partial charge < -0.3 is 26.4 Å². The number of anilines is 4. The summed E-state index contributed by atoms with van der Waals surface area (Å²) in [5.41, 5.74) is 10.1. The molecule has 146 valence electrons. The molecular formula is C16H21FN6O4. The first-order chi connectivity index (χ1) is 12.9. The molecule has 1 unspecified atom stereocenters. The van der Waals surface area contributed by atoms with Gasteiger partial charge in [0, 0.05) is 12.5 Å². The van der Waals surface area contributed by atoms with Crippen LogP contribution in [0, 0.1) is 11.7 Å². The number of aliphatic hydroxyl groups is 3. The van der Waals surface area contributed by atoms with Gasteiger partial charge in [-0.2, -0.15) is 4.98 Å². The van der Waals surface area contributed by atoms with Crippen LogP contribution in [0.1, 0.15) is 6.42 Å². The molecule has 2 aromatic rings. The molecule has 1 saturated carbocycles. The molecule has 0 bridgehead atoms. The van der Waals surface area contributed by atoms with Gasteiger partial charge in [0.1, 0.15) is 11.9 Å². The summed E-state index contributed by atoms with van der Waals surface area (Å²) in [6.07, 6.45) is -2.02. The predicted molar refractivity (Wildman–Crippen MR) is 97.5 cm³/mol. The molecule has 1 heterocycles. The van der Waals surface area contributed by atoms with E-state index in [9.17, 15) is 24.5 Å². The monoisotopic (exact) mass is 380 g/mol. The highest BCUT2D eigenvalue weighted by Gasteiger charge is 2.41. The Labute approximate surface area is 153 Å². The van der Waals surface area contributed by atoms with Crippen molar-refractivity contribution in [2.75, 3.05) is 28.5 Å². The minimum atomic E-state index is -1.17. The fraction of sp³-hybridized carbons (Fsp3) is 0.375. The summed E-state index contributed by atoms with van der Waals surface area (Å²) in [6, 6.07) is 5.19. The smallest absolute Gasteiger partial charge is 0.279 e. The number of benzene rings is 1. The van der Waals surface area contributed by atoms with E-state index in [1.165, 1.54) is 18.2 Å². The van der Waals surface area contributed by atoms with Crippen molar-refractivity contribution in [1.82, 2.24) is 9.97 Å². The van der Waals surface area contributed by atoms with Crippen LogP contribution in [0.3, 0.4) is 0 Å². The Morgan fingerprint density at radius 1 is 1.26 bits per heavy atom. The minimum Gasteiger partial charge on any atom is -0.396 e. The summed E-state index contributed by atoms with van der Waals surface area (Å²) < 4.78 is 13.7. The predicted octanol–water partition coefficient (Wildman–Crippen LogP) is -0.555. The molecule has 3 rings (SSSR count). The van der Waals surface area contributed by atoms with Crippen molar-refractivity contribution < 1.29 is 19.7 Å². The summed E-state index contributed by atoms with van der Waals surface area (Å²) in [6.45, 7) is -0.290. The third kappa shape index (κ3) is 3.94. The second-order valence-corrected chi connectivity index (χ2v) is 6.31. The molecule has 1 aromatic heterocycles. The molecular weight excluding hydrogens is 359 g/mol. The quantitative estimate of drug-likeness (QED) is 0.306. The van der Waals surface area contributed by atoms with Crippen LogP contribution >= 0.6 is 0 Å². The van der Waals surface area contributed by atoms with Gasteiger partial charge in [-0.1, -0.05) is 12.1 Å². The van der Waals surface area contributed by atoms with Gasteiger partial charge in [-0.25, -0.2) is 4.39 Å². The van der Waals surface area contributed by atoms with E-state index in [2.05, 4.69) is 26.1 Å². The van der Waals surface area contributed by atoms with E-state index in [-0.39, 0.29) is 36.2 Å². The van der Waals surface area contributed by atoms with Gasteiger partial charge >= 0.3 is 0 Å². The summed E-state index contributed by atoms with van der Waals surface area (Å²) in [5.74, 6) is -1.19. The number of hydrogen-bond donors (Lipinski definition) is 8. The average Bonchev–Trinajstić information content (AvgIpc) is 2.90. The third-order valence-corrected chi connectivity index (χ3v) is 4.49. The lowest BCUT2D eigenvalue weighted by atomic mass is 10.1. The highest BCUT2D eigenvalue weighted by Crippen LogP contribution is 2.30. The van der Waals surface area contributed by atoms with E-state index in [0.717, 1.165) is 0 Å². The zero-order valence-electron chi connectivity index (χ0n) is 14.2. The van der Waals surface area contributed by atoms with Crippen LogP contribution in [-0.2, 0) is 0 Å². The highest BCUT2D eigenvalue weighted by molar-refractivity contribution is 5.67. The second-order valence-electron chi connectivity index (χ2n) is 6.31. The summed E-state index contributed by atoms with van der Waals surface area (Å²) in [7, 11) is 0. The van der Waals surface area contributed by atoms with E-state index in [1.54, 1.807) is 6.07 Å². The summed E-state index contributed by atoms with van der Waals surface area (Å²) in [5, 5.41) is 32.2. The van der Waals surface area contributed by atoms with Crippen LogP contribution in [0.25, 0.3) is 0 Å². The standard InChI is InChI=1S/C16H21FN6O4/c17-8-3-1-2-4-9(8)22-23-11-14(20-16(18)21-15(11)27)19-10-5-7(6-24)12(25)13(10)26/h1-4,7,10,12-13,22-26H,5-6H2,(H4,18,19,20,21,27)/t7?,10-,12-,13+/m1/s1. The van der Waals surface area contributed by atoms with Gasteiger partial charge in [0.2, 0.25) is 5.95 Å². The van der Waals surface area contributed by atoms with Crippen LogP contribution in [-0.4, -0.2) is 50.1 Å². The molecule has 1 aliphatic rings. The van der Waals surface area contributed by atoms with Gasteiger partial charge in [0.15, 0.2) is 11.5 Å². The number of nitrogens with one attached hydrogen (secondary N) is 4. The SMILES string of the molecule is Nc1nc(N[C@@H]2CC(CO)[C@@H](O)[C@H]2O)c(NNc2ccccc2F)c(=O)[nH]1. The lowest BCUT2D eigenvalue weighted by Gasteiger charge is -2.21. The van der Waals surface area contributed by atoms with Gasteiger partial charge in [0.05, 0.1) is 17.8 Å². The number of rotatable bonds is 6. The summed E-state index contributed by atoms with van der Waals surface area (Å²) >= 11 is 0. The first-order valence-corrected chi connectivity index (χ1v) is 8.30. The van der Waals surface area contributed by atoms with Crippen LogP contribution in [0.5, 0.6) is 0 Å². The lowest BCUT2D eigenvalue weighted by Crippen LogP contribution is -2.36. The first-order valence-electron chi connectivity index (χ1n) is 8.30. The van der Waals surface area contributed by atoms with Crippen LogP contribution in [0.4, 0.5) is 27.5 Å². The summed E-state index contributed by atoms with van der Waals surface area (Å²) in [4.78, 5) is 18.6. The van der Waals surface area contributed by atoms with Gasteiger partial charge in [-0.3, -0.25) is 20.6 Å². The molecule has 9 N–H and O–H groups in total. The normalized spacial score (nSPS) is 24.6. The van der Waals surface area contributed by atoms with E-state index in [0.29, 0.717) is 0 Å². The number of halogens is 1. The molecule has 0 aliphatic heterocycles. The molecule has 10 nitrogen and oxygen atoms in total. The van der Waals surface area contributed by atoms with E-state index >= 15 is 0 Å². The molecule has 4 atom stereocenters. The molecule has 1 fully saturated rings. The molecule has 0 amide bonds. The van der Waals surface area contributed by atoms with Crippen molar-refractivity contribution in [3.05, 3.63) is 40.4 Å². The van der Waals surface area contributed by atoms with E-state index in [4.69, 9.17) is 5.73 Å². The van der Waals surface area contributed by atoms with Gasteiger partial charge in [-0.15, -0.1) is 0 Å². The van der Waals surface area contributed by atoms with E-state index < -0.39 is 35.5 Å². The Hall–Kier alpha value is -2.89.